The van der Waals surface area contributed by atoms with Gasteiger partial charge in [0.2, 0.25) is 5.95 Å². The molecular weight excluding hydrogens is 444 g/mol. The van der Waals surface area contributed by atoms with Crippen molar-refractivity contribution in [3.63, 3.8) is 0 Å². The molecule has 0 unspecified atom stereocenters. The molecule has 2 aliphatic heterocycles. The molecule has 0 aliphatic carbocycles. The Balaban J connectivity index is 1.19. The summed E-state index contributed by atoms with van der Waals surface area (Å²) < 4.78 is 0. The first-order valence-electron chi connectivity index (χ1n) is 11.0. The number of amides is 1. The predicted octanol–water partition coefficient (Wildman–Crippen LogP) is 3.81. The Bertz CT molecular complexity index is 1080. The number of carbonyl (C=O) groups excluding carboxylic acids is 1. The second-order valence-corrected chi connectivity index (χ2v) is 9.40. The normalized spacial score (nSPS) is 17.2. The summed E-state index contributed by atoms with van der Waals surface area (Å²) >= 11 is 7.97. The van der Waals surface area contributed by atoms with Crippen molar-refractivity contribution in [2.45, 2.75) is 19.4 Å². The van der Waals surface area contributed by atoms with E-state index < -0.39 is 0 Å². The van der Waals surface area contributed by atoms with Crippen molar-refractivity contribution >= 4 is 34.8 Å². The van der Waals surface area contributed by atoms with Gasteiger partial charge in [-0.25, -0.2) is 15.0 Å². The van der Waals surface area contributed by atoms with E-state index in [1.807, 2.05) is 23.1 Å². The van der Waals surface area contributed by atoms with Crippen LogP contribution in [0.1, 0.15) is 29.0 Å². The largest absolute Gasteiger partial charge is 0.341 e. The van der Waals surface area contributed by atoms with E-state index in [-0.39, 0.29) is 5.91 Å². The molecule has 7 nitrogen and oxygen atoms in total. The third kappa shape index (κ3) is 4.62. The molecule has 2 fully saturated rings. The summed E-state index contributed by atoms with van der Waals surface area (Å²) in [6.45, 7) is 5.53. The van der Waals surface area contributed by atoms with Gasteiger partial charge < -0.3 is 9.80 Å². The fraction of sp³-hybridized carbons (Fsp3) is 0.391. The molecule has 2 aromatic heterocycles. The molecule has 0 spiro atoms. The monoisotopic (exact) mass is 468 g/mol. The van der Waals surface area contributed by atoms with E-state index in [0.717, 1.165) is 61.8 Å². The number of nitrogens with zero attached hydrogens (tertiary/aromatic N) is 6. The van der Waals surface area contributed by atoms with Crippen LogP contribution in [0, 0.1) is 0 Å². The highest BCUT2D eigenvalue weighted by Crippen LogP contribution is 2.25. The number of thiazole rings is 1. The van der Waals surface area contributed by atoms with Gasteiger partial charge in [0.1, 0.15) is 5.01 Å². The highest BCUT2D eigenvalue weighted by atomic mass is 35.5. The van der Waals surface area contributed by atoms with Gasteiger partial charge in [0.05, 0.1) is 16.9 Å². The Morgan fingerprint density at radius 2 is 1.75 bits per heavy atom. The van der Waals surface area contributed by atoms with Crippen molar-refractivity contribution in [3.8, 4) is 10.6 Å². The Labute approximate surface area is 196 Å². The van der Waals surface area contributed by atoms with Gasteiger partial charge in [-0.15, -0.1) is 11.3 Å². The predicted molar refractivity (Wildman–Crippen MR) is 127 cm³/mol. The molecule has 0 bridgehead atoms. The van der Waals surface area contributed by atoms with Gasteiger partial charge in [-0.05, 0) is 12.8 Å². The van der Waals surface area contributed by atoms with E-state index in [1.165, 1.54) is 0 Å². The van der Waals surface area contributed by atoms with Gasteiger partial charge in [0, 0.05) is 56.8 Å². The number of hydrogen-bond acceptors (Lipinski definition) is 7. The van der Waals surface area contributed by atoms with Gasteiger partial charge in [0.25, 0.3) is 5.91 Å². The fourth-order valence-corrected chi connectivity index (χ4v) is 5.15. The van der Waals surface area contributed by atoms with Crippen LogP contribution in [-0.2, 0) is 6.54 Å². The van der Waals surface area contributed by atoms with Gasteiger partial charge >= 0.3 is 0 Å². The Morgan fingerprint density at radius 3 is 2.50 bits per heavy atom. The molecule has 5 rings (SSSR count). The van der Waals surface area contributed by atoms with Crippen molar-refractivity contribution in [1.29, 1.82) is 0 Å². The van der Waals surface area contributed by atoms with E-state index in [1.54, 1.807) is 17.5 Å². The molecule has 1 aromatic carbocycles. The summed E-state index contributed by atoms with van der Waals surface area (Å²) in [7, 11) is 0. The molecule has 4 heterocycles. The summed E-state index contributed by atoms with van der Waals surface area (Å²) in [4.78, 5) is 33.0. The van der Waals surface area contributed by atoms with Gasteiger partial charge in [-0.3, -0.25) is 9.69 Å². The average Bonchev–Trinajstić information content (AvgIpc) is 3.53. The lowest BCUT2D eigenvalue weighted by Crippen LogP contribution is -2.48. The number of halogens is 1. The van der Waals surface area contributed by atoms with E-state index in [0.29, 0.717) is 29.8 Å². The van der Waals surface area contributed by atoms with Crippen LogP contribution in [0.3, 0.4) is 0 Å². The van der Waals surface area contributed by atoms with Crippen molar-refractivity contribution in [3.05, 3.63) is 58.3 Å². The van der Waals surface area contributed by atoms with Crippen molar-refractivity contribution in [2.24, 2.45) is 0 Å². The lowest BCUT2D eigenvalue weighted by atomic mass is 10.2. The van der Waals surface area contributed by atoms with Crippen LogP contribution in [0.4, 0.5) is 5.95 Å². The van der Waals surface area contributed by atoms with Gasteiger partial charge in [0.15, 0.2) is 5.69 Å². The SMILES string of the molecule is O=C(c1nc(N2CCCC2)ncc1Cl)N1CCN(Cc2csc(-c3ccccc3)n2)CC1. The molecule has 166 valence electrons. The molecular formula is C23H25ClN6OS. The first kappa shape index (κ1) is 21.3. The summed E-state index contributed by atoms with van der Waals surface area (Å²) in [5.41, 5.74) is 2.53. The Morgan fingerprint density at radius 1 is 1.00 bits per heavy atom. The van der Waals surface area contributed by atoms with E-state index >= 15 is 0 Å². The number of rotatable bonds is 5. The molecule has 0 N–H and O–H groups in total. The second kappa shape index (κ2) is 9.52. The van der Waals surface area contributed by atoms with Gasteiger partial charge in [-0.1, -0.05) is 41.9 Å². The van der Waals surface area contributed by atoms with E-state index in [9.17, 15) is 4.79 Å². The summed E-state index contributed by atoms with van der Waals surface area (Å²) in [5.74, 6) is 0.490. The zero-order valence-electron chi connectivity index (χ0n) is 17.8. The molecule has 1 amide bonds. The van der Waals surface area contributed by atoms with Crippen molar-refractivity contribution in [1.82, 2.24) is 24.8 Å². The minimum absolute atomic E-state index is 0.113. The standard InChI is InChI=1S/C23H25ClN6OS/c24-19-14-25-23(30-8-4-5-9-30)27-20(19)22(31)29-12-10-28(11-13-29)15-18-16-32-21(26-18)17-6-2-1-3-7-17/h1-3,6-7,14,16H,4-5,8-13,15H2. The third-order valence-corrected chi connectivity index (χ3v) is 7.16. The first-order valence-corrected chi connectivity index (χ1v) is 12.2. The minimum Gasteiger partial charge on any atom is -0.341 e. The number of carbonyl (C=O) groups is 1. The topological polar surface area (TPSA) is 65.5 Å². The number of aromatic nitrogens is 3. The molecule has 3 aromatic rings. The highest BCUT2D eigenvalue weighted by molar-refractivity contribution is 7.13. The van der Waals surface area contributed by atoms with Crippen molar-refractivity contribution < 1.29 is 4.79 Å². The number of hydrogen-bond donors (Lipinski definition) is 0. The van der Waals surface area contributed by atoms with Crippen LogP contribution in [0.2, 0.25) is 5.02 Å². The second-order valence-electron chi connectivity index (χ2n) is 8.14. The lowest BCUT2D eigenvalue weighted by Gasteiger charge is -2.34. The maximum Gasteiger partial charge on any atom is 0.274 e. The van der Waals surface area contributed by atoms with Crippen LogP contribution >= 0.6 is 22.9 Å². The van der Waals surface area contributed by atoms with Crippen molar-refractivity contribution in [2.75, 3.05) is 44.2 Å². The molecule has 2 aliphatic rings. The van der Waals surface area contributed by atoms with Crippen LogP contribution in [0.15, 0.2) is 41.9 Å². The van der Waals surface area contributed by atoms with E-state index in [2.05, 4.69) is 37.3 Å². The summed E-state index contributed by atoms with van der Waals surface area (Å²) in [5, 5.41) is 3.48. The first-order chi connectivity index (χ1) is 15.7. The summed E-state index contributed by atoms with van der Waals surface area (Å²) in [6.07, 6.45) is 3.81. The molecule has 32 heavy (non-hydrogen) atoms. The lowest BCUT2D eigenvalue weighted by molar-refractivity contribution is 0.0621. The minimum atomic E-state index is -0.113. The Hall–Kier alpha value is -2.55. The number of benzene rings is 1. The van der Waals surface area contributed by atoms with Crippen LogP contribution in [-0.4, -0.2) is 69.9 Å². The van der Waals surface area contributed by atoms with Crippen LogP contribution in [0.5, 0.6) is 0 Å². The molecule has 0 saturated carbocycles. The van der Waals surface area contributed by atoms with Crippen LogP contribution < -0.4 is 4.90 Å². The molecule has 2 saturated heterocycles. The van der Waals surface area contributed by atoms with Gasteiger partial charge in [-0.2, -0.15) is 0 Å². The molecule has 9 heteroatoms. The number of anilines is 1. The summed E-state index contributed by atoms with van der Waals surface area (Å²) in [6, 6.07) is 10.2. The smallest absolute Gasteiger partial charge is 0.274 e. The quantitative estimate of drug-likeness (QED) is 0.567. The zero-order valence-corrected chi connectivity index (χ0v) is 19.4. The highest BCUT2D eigenvalue weighted by Gasteiger charge is 2.26. The fourth-order valence-electron chi connectivity index (χ4n) is 4.16. The molecule has 0 atom stereocenters. The maximum atomic E-state index is 13.1. The number of piperazine rings is 1. The van der Waals surface area contributed by atoms with E-state index in [4.69, 9.17) is 16.6 Å². The Kier molecular flexibility index (Phi) is 6.34. The average molecular weight is 469 g/mol. The van der Waals surface area contributed by atoms with Crippen LogP contribution in [0.25, 0.3) is 10.6 Å². The third-order valence-electron chi connectivity index (χ3n) is 5.94. The molecule has 0 radical (unpaired) electrons. The zero-order chi connectivity index (χ0) is 21.9. The maximum absolute atomic E-state index is 13.1.